The molecule has 128 valence electrons. The number of nitrogens with zero attached hydrogens (tertiary/aromatic N) is 2. The highest BCUT2D eigenvalue weighted by atomic mass is 16.5. The summed E-state index contributed by atoms with van der Waals surface area (Å²) in [6.07, 6.45) is 5.39. The molecule has 0 atom stereocenters. The van der Waals surface area contributed by atoms with Gasteiger partial charge in [0.05, 0.1) is 17.0 Å². The van der Waals surface area contributed by atoms with E-state index in [2.05, 4.69) is 18.8 Å². The Morgan fingerprint density at radius 3 is 2.54 bits per heavy atom. The van der Waals surface area contributed by atoms with E-state index in [4.69, 9.17) is 9.73 Å². The van der Waals surface area contributed by atoms with Crippen LogP contribution in [0.2, 0.25) is 0 Å². The highest BCUT2D eigenvalue weighted by Gasteiger charge is 2.51. The van der Waals surface area contributed by atoms with E-state index in [1.807, 2.05) is 37.3 Å². The maximum Gasteiger partial charge on any atom is 0.434 e. The minimum Gasteiger partial charge on any atom is -0.443 e. The molecule has 1 spiro atoms. The van der Waals surface area contributed by atoms with Gasteiger partial charge in [0.15, 0.2) is 0 Å². The third-order valence-corrected chi connectivity index (χ3v) is 5.66. The zero-order chi connectivity index (χ0) is 17.2. The van der Waals surface area contributed by atoms with E-state index in [-0.39, 0.29) is 17.6 Å². The molecule has 1 heterocycles. The molecule has 1 fully saturated rings. The Balaban J connectivity index is 1.64. The van der Waals surface area contributed by atoms with E-state index in [1.165, 1.54) is 25.7 Å². The number of hydrogen-bond acceptors (Lipinski definition) is 3. The number of amides is 1. The lowest BCUT2D eigenvalue weighted by molar-refractivity contribution is 0.151. The van der Waals surface area contributed by atoms with Crippen molar-refractivity contribution in [3.05, 3.63) is 35.9 Å². The van der Waals surface area contributed by atoms with Crippen molar-refractivity contribution in [2.75, 3.05) is 0 Å². The molecule has 4 heteroatoms. The molecule has 0 unspecified atom stereocenters. The molecule has 0 N–H and O–H groups in total. The second kappa shape index (κ2) is 6.50. The summed E-state index contributed by atoms with van der Waals surface area (Å²) in [7, 11) is 0. The monoisotopic (exact) mass is 326 g/mol. The fourth-order valence-corrected chi connectivity index (χ4v) is 4.03. The Morgan fingerprint density at radius 2 is 1.88 bits per heavy atom. The van der Waals surface area contributed by atoms with E-state index in [1.54, 1.807) is 0 Å². The van der Waals surface area contributed by atoms with Gasteiger partial charge in [-0.15, -0.1) is 0 Å². The topological polar surface area (TPSA) is 51.0 Å². The predicted molar refractivity (Wildman–Crippen MR) is 96.8 cm³/mol. The Bertz CT molecular complexity index is 668. The van der Waals surface area contributed by atoms with Gasteiger partial charge in [0, 0.05) is 5.41 Å². The molecule has 1 aliphatic heterocycles. The number of benzene rings is 1. The first kappa shape index (κ1) is 16.9. The van der Waals surface area contributed by atoms with Crippen LogP contribution in [-0.2, 0) is 11.3 Å². The minimum absolute atomic E-state index is 0.0659. The summed E-state index contributed by atoms with van der Waals surface area (Å²) in [4.78, 5) is 21.0. The van der Waals surface area contributed by atoms with Crippen molar-refractivity contribution < 1.29 is 9.53 Å². The molecule has 2 aliphatic rings. The Hall–Kier alpha value is -1.97. The number of aliphatic imine (C=N–C) groups is 2. The summed E-state index contributed by atoms with van der Waals surface area (Å²) in [5, 5.41) is 0. The minimum atomic E-state index is -0.538. The molecule has 0 saturated heterocycles. The molecule has 1 aliphatic carbocycles. The highest BCUT2D eigenvalue weighted by molar-refractivity contribution is 6.43. The number of ether oxygens (including phenoxy) is 1. The third kappa shape index (κ3) is 3.28. The van der Waals surface area contributed by atoms with Gasteiger partial charge in [-0.25, -0.2) is 4.79 Å². The van der Waals surface area contributed by atoms with E-state index in [0.29, 0.717) is 5.71 Å². The summed E-state index contributed by atoms with van der Waals surface area (Å²) in [5.74, 6) is 0. The lowest BCUT2D eigenvalue weighted by Gasteiger charge is -2.36. The number of rotatable bonds is 3. The smallest absolute Gasteiger partial charge is 0.434 e. The summed E-state index contributed by atoms with van der Waals surface area (Å²) >= 11 is 0. The fraction of sp³-hybridized carbons (Fsp3) is 0.550. The number of carbonyl (C=O) groups excluding carboxylic acids is 1. The predicted octanol–water partition coefficient (Wildman–Crippen LogP) is 4.97. The van der Waals surface area contributed by atoms with Gasteiger partial charge < -0.3 is 4.74 Å². The van der Waals surface area contributed by atoms with E-state index < -0.39 is 6.09 Å². The van der Waals surface area contributed by atoms with Crippen LogP contribution < -0.4 is 0 Å². The van der Waals surface area contributed by atoms with Crippen molar-refractivity contribution in [2.24, 2.45) is 15.4 Å². The molecule has 3 rings (SSSR count). The maximum absolute atomic E-state index is 12.0. The first-order valence-corrected chi connectivity index (χ1v) is 8.77. The third-order valence-electron chi connectivity index (χ3n) is 5.66. The molecule has 1 aromatic carbocycles. The lowest BCUT2D eigenvalue weighted by Crippen LogP contribution is -2.36. The average Bonchev–Trinajstić information content (AvgIpc) is 3.13. The van der Waals surface area contributed by atoms with Crippen LogP contribution in [0.5, 0.6) is 0 Å². The van der Waals surface area contributed by atoms with E-state index >= 15 is 0 Å². The van der Waals surface area contributed by atoms with Crippen molar-refractivity contribution >= 4 is 17.5 Å². The van der Waals surface area contributed by atoms with Crippen molar-refractivity contribution in [1.82, 2.24) is 0 Å². The standard InChI is InChI=1S/C20H26N2O2/c1-15(21-18(23)24-14-16-9-5-4-6-10-16)17-13-20(11-7-8-12-20)19(2,3)22-17/h4-6,9-10H,7-8,11-14H2,1-3H3. The van der Waals surface area contributed by atoms with Gasteiger partial charge in [-0.1, -0.05) is 43.2 Å². The van der Waals surface area contributed by atoms with Crippen molar-refractivity contribution in [1.29, 1.82) is 0 Å². The lowest BCUT2D eigenvalue weighted by atomic mass is 9.70. The van der Waals surface area contributed by atoms with Gasteiger partial charge in [0.25, 0.3) is 0 Å². The first-order valence-electron chi connectivity index (χ1n) is 8.77. The second-order valence-corrected chi connectivity index (χ2v) is 7.52. The molecule has 0 aromatic heterocycles. The molecule has 24 heavy (non-hydrogen) atoms. The van der Waals surface area contributed by atoms with Crippen LogP contribution >= 0.6 is 0 Å². The van der Waals surface area contributed by atoms with Crippen LogP contribution in [0.4, 0.5) is 4.79 Å². The number of hydrogen-bond donors (Lipinski definition) is 0. The summed E-state index contributed by atoms with van der Waals surface area (Å²) in [6.45, 7) is 6.55. The Morgan fingerprint density at radius 1 is 1.21 bits per heavy atom. The van der Waals surface area contributed by atoms with Gasteiger partial charge in [0.1, 0.15) is 6.61 Å². The second-order valence-electron chi connectivity index (χ2n) is 7.52. The Kier molecular flexibility index (Phi) is 4.57. The van der Waals surface area contributed by atoms with Gasteiger partial charge in [-0.05, 0) is 45.6 Å². The Labute approximate surface area is 144 Å². The maximum atomic E-state index is 12.0. The zero-order valence-electron chi connectivity index (χ0n) is 14.8. The van der Waals surface area contributed by atoms with Gasteiger partial charge in [0.2, 0.25) is 0 Å². The summed E-state index contributed by atoms with van der Waals surface area (Å²) in [6, 6.07) is 9.64. The van der Waals surface area contributed by atoms with E-state index in [9.17, 15) is 4.79 Å². The van der Waals surface area contributed by atoms with Crippen LogP contribution in [0, 0.1) is 5.41 Å². The van der Waals surface area contributed by atoms with Crippen LogP contribution in [0.1, 0.15) is 58.4 Å². The quantitative estimate of drug-likeness (QED) is 0.736. The van der Waals surface area contributed by atoms with Crippen LogP contribution in [-0.4, -0.2) is 23.1 Å². The number of carbonyl (C=O) groups is 1. The van der Waals surface area contributed by atoms with Gasteiger partial charge >= 0.3 is 6.09 Å². The van der Waals surface area contributed by atoms with Gasteiger partial charge in [-0.2, -0.15) is 4.99 Å². The van der Waals surface area contributed by atoms with Crippen molar-refractivity contribution in [3.8, 4) is 0 Å². The molecule has 1 saturated carbocycles. The summed E-state index contributed by atoms with van der Waals surface area (Å²) < 4.78 is 5.25. The average molecular weight is 326 g/mol. The fourth-order valence-electron chi connectivity index (χ4n) is 4.03. The molecule has 0 bridgehead atoms. The SMILES string of the molecule is CC(=NC(=O)OCc1ccccc1)C1=NC(C)(C)C2(CCCC2)C1. The molecular formula is C20H26N2O2. The largest absolute Gasteiger partial charge is 0.443 e. The van der Waals surface area contributed by atoms with E-state index in [0.717, 1.165) is 17.7 Å². The van der Waals surface area contributed by atoms with Crippen molar-refractivity contribution in [2.45, 2.75) is 65.0 Å². The molecule has 1 amide bonds. The molecule has 1 aromatic rings. The summed E-state index contributed by atoms with van der Waals surface area (Å²) in [5.41, 5.74) is 2.82. The normalized spacial score (nSPS) is 21.8. The first-order chi connectivity index (χ1) is 11.4. The molecule has 4 nitrogen and oxygen atoms in total. The molecular weight excluding hydrogens is 300 g/mol. The van der Waals surface area contributed by atoms with Gasteiger partial charge in [-0.3, -0.25) is 4.99 Å². The highest BCUT2D eigenvalue weighted by Crippen LogP contribution is 2.54. The van der Waals surface area contributed by atoms with Crippen LogP contribution in [0.15, 0.2) is 40.3 Å². The zero-order valence-corrected chi connectivity index (χ0v) is 14.8. The van der Waals surface area contributed by atoms with Crippen LogP contribution in [0.3, 0.4) is 0 Å². The van der Waals surface area contributed by atoms with Crippen LogP contribution in [0.25, 0.3) is 0 Å². The van der Waals surface area contributed by atoms with Crippen molar-refractivity contribution in [3.63, 3.8) is 0 Å². The molecule has 0 radical (unpaired) electrons.